The minimum atomic E-state index is 1.28. The summed E-state index contributed by atoms with van der Waals surface area (Å²) in [7, 11) is 0. The van der Waals surface area contributed by atoms with Crippen LogP contribution < -0.4 is 5.32 Å². The lowest BCUT2D eigenvalue weighted by atomic mass is 10.6. The van der Waals surface area contributed by atoms with Crippen LogP contribution in [0.4, 0.5) is 0 Å². The molecule has 3 heteroatoms. The molecule has 0 rings (SSSR count). The van der Waals surface area contributed by atoms with E-state index in [-0.39, 0.29) is 0 Å². The van der Waals surface area contributed by atoms with Crippen molar-refractivity contribution in [3.8, 4) is 12.1 Å². The molecule has 44 valence electrons. The standard InChI is InChI=1S/C6H5N3/c7-3-1-5-9-6-2-4-8/h1-2,5-6,9H/b5-1-,6-2+. The van der Waals surface area contributed by atoms with Crippen molar-refractivity contribution in [3.05, 3.63) is 24.6 Å². The van der Waals surface area contributed by atoms with Gasteiger partial charge in [-0.2, -0.15) is 10.5 Å². The van der Waals surface area contributed by atoms with Crippen LogP contribution >= 0.6 is 0 Å². The zero-order chi connectivity index (χ0) is 6.95. The molecule has 0 spiro atoms. The van der Waals surface area contributed by atoms with Gasteiger partial charge in [0.15, 0.2) is 0 Å². The molecule has 0 aliphatic heterocycles. The maximum absolute atomic E-state index is 7.96. The lowest BCUT2D eigenvalue weighted by Crippen LogP contribution is -1.89. The third kappa shape index (κ3) is 6.26. The first-order valence-corrected chi connectivity index (χ1v) is 2.27. The van der Waals surface area contributed by atoms with Crippen molar-refractivity contribution in [1.82, 2.24) is 5.32 Å². The first-order valence-electron chi connectivity index (χ1n) is 2.27. The summed E-state index contributed by atoms with van der Waals surface area (Å²) in [5.74, 6) is 0. The van der Waals surface area contributed by atoms with E-state index in [0.29, 0.717) is 0 Å². The summed E-state index contributed by atoms with van der Waals surface area (Å²) in [6, 6.07) is 3.57. The molecule has 0 aromatic carbocycles. The fourth-order valence-electron chi connectivity index (χ4n) is 0.226. The van der Waals surface area contributed by atoms with Gasteiger partial charge in [-0.05, 0) is 0 Å². The van der Waals surface area contributed by atoms with Gasteiger partial charge in [-0.3, -0.25) is 0 Å². The first kappa shape index (κ1) is 7.26. The van der Waals surface area contributed by atoms with Crippen LogP contribution in [0, 0.1) is 22.7 Å². The molecule has 0 fully saturated rings. The molecule has 0 aromatic rings. The number of nitrogens with one attached hydrogen (secondary N) is 1. The normalized spacial score (nSPS) is 9.11. The van der Waals surface area contributed by atoms with E-state index in [1.54, 1.807) is 12.1 Å². The molecule has 0 aliphatic rings. The minimum absolute atomic E-state index is 1.28. The van der Waals surface area contributed by atoms with Crippen LogP contribution in [0.25, 0.3) is 0 Å². The third-order valence-corrected chi connectivity index (χ3v) is 0.508. The number of nitriles is 2. The van der Waals surface area contributed by atoms with Crippen molar-refractivity contribution in [1.29, 1.82) is 10.5 Å². The predicted molar refractivity (Wildman–Crippen MR) is 32.6 cm³/mol. The quantitative estimate of drug-likeness (QED) is 0.543. The van der Waals surface area contributed by atoms with Gasteiger partial charge in [0.25, 0.3) is 0 Å². The Morgan fingerprint density at radius 2 is 1.44 bits per heavy atom. The van der Waals surface area contributed by atoms with Gasteiger partial charge in [0.05, 0.1) is 12.1 Å². The van der Waals surface area contributed by atoms with E-state index < -0.39 is 0 Å². The maximum Gasteiger partial charge on any atom is 0.0927 e. The molecule has 0 saturated carbocycles. The molecule has 0 radical (unpaired) electrons. The Labute approximate surface area is 53.5 Å². The summed E-state index contributed by atoms with van der Waals surface area (Å²) in [6.45, 7) is 0. The Morgan fingerprint density at radius 1 is 1.00 bits per heavy atom. The molecule has 0 atom stereocenters. The van der Waals surface area contributed by atoms with Gasteiger partial charge < -0.3 is 5.32 Å². The van der Waals surface area contributed by atoms with Gasteiger partial charge in [0.2, 0.25) is 0 Å². The fourth-order valence-corrected chi connectivity index (χ4v) is 0.226. The topological polar surface area (TPSA) is 59.6 Å². The maximum atomic E-state index is 7.96. The zero-order valence-electron chi connectivity index (χ0n) is 4.70. The van der Waals surface area contributed by atoms with Crippen LogP contribution in [-0.4, -0.2) is 0 Å². The van der Waals surface area contributed by atoms with Crippen molar-refractivity contribution in [3.63, 3.8) is 0 Å². The molecule has 0 unspecified atom stereocenters. The van der Waals surface area contributed by atoms with Gasteiger partial charge >= 0.3 is 0 Å². The highest BCUT2D eigenvalue weighted by atomic mass is 14.8. The fraction of sp³-hybridized carbons (Fsp3) is 0. The lowest BCUT2D eigenvalue weighted by molar-refractivity contribution is 1.20. The summed E-state index contributed by atoms with van der Waals surface area (Å²) < 4.78 is 0. The Bertz CT molecular complexity index is 167. The Hall–Kier alpha value is -1.74. The van der Waals surface area contributed by atoms with E-state index in [1.165, 1.54) is 24.6 Å². The van der Waals surface area contributed by atoms with Crippen LogP contribution in [0.3, 0.4) is 0 Å². The number of allylic oxidation sites excluding steroid dienone is 2. The first-order chi connectivity index (χ1) is 4.41. The van der Waals surface area contributed by atoms with Gasteiger partial charge in [0.1, 0.15) is 0 Å². The molecule has 0 aromatic heterocycles. The summed E-state index contributed by atoms with van der Waals surface area (Å²) in [5, 5.41) is 18.5. The zero-order valence-corrected chi connectivity index (χ0v) is 4.70. The largest absolute Gasteiger partial charge is 0.366 e. The molecule has 0 aliphatic carbocycles. The van der Waals surface area contributed by atoms with Crippen LogP contribution in [0.5, 0.6) is 0 Å². The Balaban J connectivity index is 3.35. The van der Waals surface area contributed by atoms with E-state index in [1.807, 2.05) is 0 Å². The Morgan fingerprint density at radius 3 is 1.78 bits per heavy atom. The Kier molecular flexibility index (Phi) is 5.05. The molecule has 0 amide bonds. The van der Waals surface area contributed by atoms with Crippen LogP contribution in [0.1, 0.15) is 0 Å². The molecule has 1 N–H and O–H groups in total. The SMILES string of the molecule is N#C/C=C\N/C=C/C#N. The second kappa shape index (κ2) is 6.26. The predicted octanol–water partition coefficient (Wildman–Crippen LogP) is 0.651. The summed E-state index contributed by atoms with van der Waals surface area (Å²) in [5.41, 5.74) is 0. The molecular weight excluding hydrogens is 114 g/mol. The molecular formula is C6H5N3. The lowest BCUT2D eigenvalue weighted by Gasteiger charge is -1.79. The second-order valence-corrected chi connectivity index (χ2v) is 1.09. The third-order valence-electron chi connectivity index (χ3n) is 0.508. The molecule has 0 bridgehead atoms. The van der Waals surface area contributed by atoms with E-state index >= 15 is 0 Å². The molecule has 9 heavy (non-hydrogen) atoms. The van der Waals surface area contributed by atoms with Crippen LogP contribution in [0.15, 0.2) is 24.6 Å². The average molecular weight is 119 g/mol. The van der Waals surface area contributed by atoms with Crippen LogP contribution in [0.2, 0.25) is 0 Å². The summed E-state index contributed by atoms with van der Waals surface area (Å²) in [4.78, 5) is 0. The van der Waals surface area contributed by atoms with Crippen molar-refractivity contribution in [2.45, 2.75) is 0 Å². The van der Waals surface area contributed by atoms with E-state index in [2.05, 4.69) is 5.32 Å². The highest BCUT2D eigenvalue weighted by molar-refractivity contribution is 5.05. The highest BCUT2D eigenvalue weighted by Crippen LogP contribution is 1.65. The van der Waals surface area contributed by atoms with E-state index in [4.69, 9.17) is 10.5 Å². The second-order valence-electron chi connectivity index (χ2n) is 1.09. The summed E-state index contributed by atoms with van der Waals surface area (Å²) in [6.07, 6.45) is 5.44. The smallest absolute Gasteiger partial charge is 0.0927 e. The number of hydrogen-bond acceptors (Lipinski definition) is 3. The highest BCUT2D eigenvalue weighted by Gasteiger charge is 1.62. The monoisotopic (exact) mass is 119 g/mol. The van der Waals surface area contributed by atoms with Gasteiger partial charge in [-0.1, -0.05) is 0 Å². The van der Waals surface area contributed by atoms with Crippen molar-refractivity contribution >= 4 is 0 Å². The number of nitrogens with zero attached hydrogens (tertiary/aromatic N) is 2. The molecule has 0 saturated heterocycles. The van der Waals surface area contributed by atoms with Gasteiger partial charge in [0, 0.05) is 24.6 Å². The average Bonchev–Trinajstić information content (AvgIpc) is 1.89. The van der Waals surface area contributed by atoms with Crippen molar-refractivity contribution < 1.29 is 0 Å². The molecule has 3 nitrogen and oxygen atoms in total. The van der Waals surface area contributed by atoms with Crippen molar-refractivity contribution in [2.24, 2.45) is 0 Å². The molecule has 0 heterocycles. The van der Waals surface area contributed by atoms with Crippen LogP contribution in [-0.2, 0) is 0 Å². The minimum Gasteiger partial charge on any atom is -0.366 e. The van der Waals surface area contributed by atoms with Gasteiger partial charge in [-0.15, -0.1) is 0 Å². The van der Waals surface area contributed by atoms with E-state index in [9.17, 15) is 0 Å². The van der Waals surface area contributed by atoms with Gasteiger partial charge in [-0.25, -0.2) is 0 Å². The van der Waals surface area contributed by atoms with E-state index in [0.717, 1.165) is 0 Å². The number of rotatable bonds is 2. The number of hydrogen-bond donors (Lipinski definition) is 1. The summed E-state index contributed by atoms with van der Waals surface area (Å²) >= 11 is 0. The van der Waals surface area contributed by atoms with Crippen molar-refractivity contribution in [2.75, 3.05) is 0 Å².